The van der Waals surface area contributed by atoms with Crippen molar-refractivity contribution in [2.45, 2.75) is 12.7 Å². The Morgan fingerprint density at radius 1 is 1.35 bits per heavy atom. The Kier molecular flexibility index (Phi) is 5.37. The molecule has 6 nitrogen and oxygen atoms in total. The zero-order chi connectivity index (χ0) is 17.0. The van der Waals surface area contributed by atoms with E-state index >= 15 is 0 Å². The zero-order valence-electron chi connectivity index (χ0n) is 11.8. The molecular weight excluding hydrogens is 383 g/mol. The zero-order valence-corrected chi connectivity index (χ0v) is 13.4. The molecular formula is C13H11BrF3N3O3. The molecule has 2 rings (SSSR count). The van der Waals surface area contributed by atoms with E-state index in [0.717, 1.165) is 10.6 Å². The van der Waals surface area contributed by atoms with Gasteiger partial charge in [-0.3, -0.25) is 9.63 Å². The lowest BCUT2D eigenvalue weighted by molar-refractivity contribution is -0.176. The fourth-order valence-electron chi connectivity index (χ4n) is 1.70. The van der Waals surface area contributed by atoms with Crippen molar-refractivity contribution in [3.05, 3.63) is 35.7 Å². The summed E-state index contributed by atoms with van der Waals surface area (Å²) in [5, 5.41) is 4.57. The fraction of sp³-hybridized carbons (Fsp3) is 0.308. The van der Waals surface area contributed by atoms with Crippen molar-refractivity contribution >= 4 is 21.8 Å². The van der Waals surface area contributed by atoms with Crippen molar-refractivity contribution in [1.82, 2.24) is 15.2 Å². The summed E-state index contributed by atoms with van der Waals surface area (Å²) < 4.78 is 41.4. The Balaban J connectivity index is 2.13. The minimum absolute atomic E-state index is 0.113. The SMILES string of the molecule is CON(Cc1ccc(-c2noc(C(F)(F)F)n2)cc1)C(=O)CBr. The highest BCUT2D eigenvalue weighted by Crippen LogP contribution is 2.29. The summed E-state index contributed by atoms with van der Waals surface area (Å²) in [5.74, 6) is -1.82. The summed E-state index contributed by atoms with van der Waals surface area (Å²) in [6.07, 6.45) is -4.68. The van der Waals surface area contributed by atoms with Crippen LogP contribution in [0.2, 0.25) is 0 Å². The number of benzene rings is 1. The quantitative estimate of drug-likeness (QED) is 0.576. The molecule has 0 aliphatic rings. The Labute approximate surface area is 137 Å². The van der Waals surface area contributed by atoms with Gasteiger partial charge in [0.25, 0.3) is 5.91 Å². The number of nitrogens with zero attached hydrogens (tertiary/aromatic N) is 3. The van der Waals surface area contributed by atoms with Crippen LogP contribution in [0.15, 0.2) is 28.8 Å². The van der Waals surface area contributed by atoms with E-state index in [1.54, 1.807) is 12.1 Å². The molecule has 2 aromatic rings. The summed E-state index contributed by atoms with van der Waals surface area (Å²) in [6, 6.07) is 6.33. The molecule has 0 N–H and O–H groups in total. The van der Waals surface area contributed by atoms with Crippen LogP contribution >= 0.6 is 15.9 Å². The van der Waals surface area contributed by atoms with Gasteiger partial charge in [-0.2, -0.15) is 18.2 Å². The summed E-state index contributed by atoms with van der Waals surface area (Å²) >= 11 is 3.04. The van der Waals surface area contributed by atoms with E-state index in [0.29, 0.717) is 5.56 Å². The van der Waals surface area contributed by atoms with E-state index in [1.165, 1.54) is 19.2 Å². The van der Waals surface area contributed by atoms with Crippen LogP contribution < -0.4 is 0 Å². The number of hydrogen-bond donors (Lipinski definition) is 0. The highest BCUT2D eigenvalue weighted by atomic mass is 79.9. The first-order chi connectivity index (χ1) is 10.8. The smallest absolute Gasteiger partial charge is 0.329 e. The second-order valence-electron chi connectivity index (χ2n) is 4.36. The molecule has 1 heterocycles. The molecule has 0 bridgehead atoms. The fourth-order valence-corrected chi connectivity index (χ4v) is 1.98. The Hall–Kier alpha value is -1.94. The van der Waals surface area contributed by atoms with E-state index < -0.39 is 12.1 Å². The van der Waals surface area contributed by atoms with Crippen LogP contribution in [0.25, 0.3) is 11.4 Å². The van der Waals surface area contributed by atoms with Crippen molar-refractivity contribution in [1.29, 1.82) is 0 Å². The maximum atomic E-state index is 12.4. The van der Waals surface area contributed by atoms with Crippen molar-refractivity contribution in [3.63, 3.8) is 0 Å². The first-order valence-corrected chi connectivity index (χ1v) is 7.38. The summed E-state index contributed by atoms with van der Waals surface area (Å²) in [4.78, 5) is 19.8. The van der Waals surface area contributed by atoms with Crippen LogP contribution in [0.4, 0.5) is 13.2 Å². The molecule has 0 fully saturated rings. The molecule has 0 aliphatic heterocycles. The van der Waals surface area contributed by atoms with Gasteiger partial charge in [0.05, 0.1) is 19.0 Å². The first-order valence-electron chi connectivity index (χ1n) is 6.25. The average molecular weight is 394 g/mol. The molecule has 23 heavy (non-hydrogen) atoms. The molecule has 0 spiro atoms. The third kappa shape index (κ3) is 4.29. The Bertz CT molecular complexity index is 673. The van der Waals surface area contributed by atoms with Crippen molar-refractivity contribution in [2.24, 2.45) is 0 Å². The number of carbonyl (C=O) groups is 1. The molecule has 10 heteroatoms. The van der Waals surface area contributed by atoms with E-state index in [2.05, 4.69) is 30.6 Å². The third-order valence-corrected chi connectivity index (χ3v) is 3.30. The van der Waals surface area contributed by atoms with Gasteiger partial charge in [-0.25, -0.2) is 5.06 Å². The molecule has 0 saturated carbocycles. The van der Waals surface area contributed by atoms with E-state index in [1.807, 2.05) is 0 Å². The van der Waals surface area contributed by atoms with Gasteiger partial charge in [0.1, 0.15) is 0 Å². The van der Waals surface area contributed by atoms with Crippen LogP contribution in [0.3, 0.4) is 0 Å². The van der Waals surface area contributed by atoms with E-state index in [9.17, 15) is 18.0 Å². The molecule has 0 saturated heterocycles. The summed E-state index contributed by atoms with van der Waals surface area (Å²) in [7, 11) is 1.37. The summed E-state index contributed by atoms with van der Waals surface area (Å²) in [6.45, 7) is 0.196. The van der Waals surface area contributed by atoms with Gasteiger partial charge in [0.15, 0.2) is 0 Å². The number of carbonyl (C=O) groups excluding carboxylic acids is 1. The Morgan fingerprint density at radius 3 is 2.48 bits per heavy atom. The minimum Gasteiger partial charge on any atom is -0.329 e. The first kappa shape index (κ1) is 17.4. The minimum atomic E-state index is -4.68. The number of alkyl halides is 4. The van der Waals surface area contributed by atoms with Crippen molar-refractivity contribution < 1.29 is 27.3 Å². The van der Waals surface area contributed by atoms with Gasteiger partial charge in [-0.1, -0.05) is 45.4 Å². The maximum absolute atomic E-state index is 12.4. The number of rotatable bonds is 5. The van der Waals surface area contributed by atoms with Gasteiger partial charge in [0.2, 0.25) is 5.82 Å². The average Bonchev–Trinajstić information content (AvgIpc) is 3.02. The number of halogens is 4. The van der Waals surface area contributed by atoms with Gasteiger partial charge >= 0.3 is 12.1 Å². The standard InChI is InChI=1S/C13H11BrF3N3O3/c1-22-20(10(21)6-14)7-8-2-4-9(5-3-8)11-18-12(23-19-11)13(15,16)17/h2-5H,6-7H2,1H3. The largest absolute Gasteiger partial charge is 0.471 e. The Morgan fingerprint density at radius 2 is 2.00 bits per heavy atom. The van der Waals surface area contributed by atoms with E-state index in [-0.39, 0.29) is 23.6 Å². The molecule has 1 aromatic heterocycles. The normalized spacial score (nSPS) is 11.5. The number of aromatic nitrogens is 2. The molecule has 0 radical (unpaired) electrons. The number of hydrogen-bond acceptors (Lipinski definition) is 5. The van der Waals surface area contributed by atoms with Crippen LogP contribution in [0.1, 0.15) is 11.5 Å². The second-order valence-corrected chi connectivity index (χ2v) is 4.93. The molecule has 1 amide bonds. The lowest BCUT2D eigenvalue weighted by Crippen LogP contribution is -2.30. The van der Waals surface area contributed by atoms with Gasteiger partial charge in [-0.05, 0) is 5.56 Å². The van der Waals surface area contributed by atoms with Crippen LogP contribution in [0.5, 0.6) is 0 Å². The van der Waals surface area contributed by atoms with Crippen LogP contribution in [-0.2, 0) is 22.4 Å². The number of hydroxylamine groups is 2. The van der Waals surface area contributed by atoms with E-state index in [4.69, 9.17) is 4.84 Å². The number of amides is 1. The molecule has 0 unspecified atom stereocenters. The topological polar surface area (TPSA) is 68.5 Å². The van der Waals surface area contributed by atoms with Gasteiger partial charge in [0, 0.05) is 5.56 Å². The highest BCUT2D eigenvalue weighted by molar-refractivity contribution is 9.09. The molecule has 124 valence electrons. The predicted octanol–water partition coefficient (Wildman–Crippen LogP) is 3.04. The van der Waals surface area contributed by atoms with Crippen LogP contribution in [-0.4, -0.2) is 33.6 Å². The third-order valence-electron chi connectivity index (χ3n) is 2.82. The highest BCUT2D eigenvalue weighted by Gasteiger charge is 2.38. The molecule has 0 atom stereocenters. The second kappa shape index (κ2) is 7.09. The van der Waals surface area contributed by atoms with Gasteiger partial charge in [-0.15, -0.1) is 0 Å². The predicted molar refractivity (Wildman–Crippen MR) is 76.1 cm³/mol. The molecule has 0 aliphatic carbocycles. The monoisotopic (exact) mass is 393 g/mol. The van der Waals surface area contributed by atoms with Crippen LogP contribution in [0, 0.1) is 0 Å². The molecule has 1 aromatic carbocycles. The maximum Gasteiger partial charge on any atom is 0.471 e. The van der Waals surface area contributed by atoms with Crippen molar-refractivity contribution in [2.75, 3.05) is 12.4 Å². The summed E-state index contributed by atoms with van der Waals surface area (Å²) in [5.41, 5.74) is 1.09. The lowest BCUT2D eigenvalue weighted by atomic mass is 10.1. The van der Waals surface area contributed by atoms with Gasteiger partial charge < -0.3 is 4.52 Å². The lowest BCUT2D eigenvalue weighted by Gasteiger charge is -2.18. The van der Waals surface area contributed by atoms with Crippen molar-refractivity contribution in [3.8, 4) is 11.4 Å².